The second-order valence-corrected chi connectivity index (χ2v) is 7.09. The van der Waals surface area contributed by atoms with E-state index in [1.54, 1.807) is 4.90 Å². The van der Waals surface area contributed by atoms with Gasteiger partial charge in [0.2, 0.25) is 5.91 Å². The zero-order valence-electron chi connectivity index (χ0n) is 11.7. The number of hydrogen-bond donors (Lipinski definition) is 0. The number of hydrogen-bond acceptors (Lipinski definition) is 2. The molecule has 0 bridgehead atoms. The Morgan fingerprint density at radius 3 is 2.35 bits per heavy atom. The number of amides is 2. The minimum Gasteiger partial charge on any atom is -0.342 e. The number of likely N-dealkylation sites (tertiary alicyclic amines) is 2. The SMILES string of the molecule is O=C(C1CC12CCN(C(=O)C1(F)CC1)C2)N1CCCC1. The van der Waals surface area contributed by atoms with Crippen molar-refractivity contribution >= 4 is 11.8 Å². The Morgan fingerprint density at radius 1 is 1.00 bits per heavy atom. The second-order valence-electron chi connectivity index (χ2n) is 7.09. The van der Waals surface area contributed by atoms with E-state index in [1.807, 2.05) is 4.90 Å². The van der Waals surface area contributed by atoms with Crippen LogP contribution >= 0.6 is 0 Å². The zero-order valence-corrected chi connectivity index (χ0v) is 11.7. The molecule has 2 heterocycles. The molecule has 0 radical (unpaired) electrons. The van der Waals surface area contributed by atoms with Gasteiger partial charge in [-0.15, -0.1) is 0 Å². The summed E-state index contributed by atoms with van der Waals surface area (Å²) in [6.45, 7) is 3.01. The molecule has 2 unspecified atom stereocenters. The quantitative estimate of drug-likeness (QED) is 0.766. The van der Waals surface area contributed by atoms with Gasteiger partial charge in [0.25, 0.3) is 5.91 Å². The van der Waals surface area contributed by atoms with Crippen LogP contribution in [0.1, 0.15) is 38.5 Å². The lowest BCUT2D eigenvalue weighted by atomic mass is 10.0. The molecule has 2 aliphatic carbocycles. The Labute approximate surface area is 118 Å². The van der Waals surface area contributed by atoms with Gasteiger partial charge in [-0.1, -0.05) is 0 Å². The number of alkyl halides is 1. The first kappa shape index (κ1) is 12.6. The highest BCUT2D eigenvalue weighted by molar-refractivity contribution is 5.89. The van der Waals surface area contributed by atoms with Crippen LogP contribution in [0.15, 0.2) is 0 Å². The molecular weight excluding hydrogens is 259 g/mol. The molecule has 2 saturated carbocycles. The summed E-state index contributed by atoms with van der Waals surface area (Å²) in [7, 11) is 0. The van der Waals surface area contributed by atoms with Crippen molar-refractivity contribution < 1.29 is 14.0 Å². The molecule has 0 aromatic rings. The summed E-state index contributed by atoms with van der Waals surface area (Å²) in [6.07, 6.45) is 4.75. The third-order valence-electron chi connectivity index (χ3n) is 5.65. The fourth-order valence-corrected chi connectivity index (χ4v) is 3.98. The fraction of sp³-hybridized carbons (Fsp3) is 0.867. The van der Waals surface area contributed by atoms with Crippen LogP contribution in [0, 0.1) is 11.3 Å². The average Bonchev–Trinajstić information content (AvgIpc) is 3.17. The monoisotopic (exact) mass is 280 g/mol. The van der Waals surface area contributed by atoms with E-state index in [0.717, 1.165) is 38.8 Å². The van der Waals surface area contributed by atoms with Gasteiger partial charge in [0, 0.05) is 37.5 Å². The molecule has 2 amide bonds. The van der Waals surface area contributed by atoms with Crippen LogP contribution in [-0.4, -0.2) is 53.5 Å². The lowest BCUT2D eigenvalue weighted by molar-refractivity contribution is -0.137. The molecule has 110 valence electrons. The van der Waals surface area contributed by atoms with E-state index in [0.29, 0.717) is 25.9 Å². The van der Waals surface area contributed by atoms with Crippen molar-refractivity contribution in [1.82, 2.24) is 9.80 Å². The van der Waals surface area contributed by atoms with E-state index in [4.69, 9.17) is 0 Å². The van der Waals surface area contributed by atoms with Crippen LogP contribution in [0.2, 0.25) is 0 Å². The topological polar surface area (TPSA) is 40.6 Å². The molecule has 2 atom stereocenters. The van der Waals surface area contributed by atoms with Crippen molar-refractivity contribution in [3.8, 4) is 0 Å². The minimum absolute atomic E-state index is 0.0133. The molecule has 4 fully saturated rings. The maximum Gasteiger partial charge on any atom is 0.260 e. The normalized spacial score (nSPS) is 37.5. The van der Waals surface area contributed by atoms with Crippen molar-refractivity contribution in [2.24, 2.45) is 11.3 Å². The molecular formula is C15H21FN2O2. The first-order valence-corrected chi connectivity index (χ1v) is 7.81. The molecule has 4 nitrogen and oxygen atoms in total. The highest BCUT2D eigenvalue weighted by Gasteiger charge is 2.64. The maximum absolute atomic E-state index is 13.9. The Kier molecular flexibility index (Phi) is 2.49. The van der Waals surface area contributed by atoms with Gasteiger partial charge >= 0.3 is 0 Å². The van der Waals surface area contributed by atoms with Gasteiger partial charge in [0.1, 0.15) is 0 Å². The summed E-state index contributed by atoms with van der Waals surface area (Å²) in [5.74, 6) is 0.0417. The molecule has 2 aliphatic heterocycles. The third kappa shape index (κ3) is 1.78. The number of halogens is 1. The number of carbonyl (C=O) groups excluding carboxylic acids is 2. The van der Waals surface area contributed by atoms with Gasteiger partial charge < -0.3 is 9.80 Å². The van der Waals surface area contributed by atoms with Gasteiger partial charge in [0.15, 0.2) is 5.67 Å². The van der Waals surface area contributed by atoms with Gasteiger partial charge in [-0.2, -0.15) is 0 Å². The predicted molar refractivity (Wildman–Crippen MR) is 70.6 cm³/mol. The molecule has 5 heteroatoms. The summed E-state index contributed by atoms with van der Waals surface area (Å²) in [6, 6.07) is 0. The molecule has 2 saturated heterocycles. The molecule has 0 aromatic heterocycles. The molecule has 20 heavy (non-hydrogen) atoms. The highest BCUT2D eigenvalue weighted by atomic mass is 19.1. The standard InChI is InChI=1S/C15H21FN2O2/c16-15(3-4-15)13(20)18-8-5-14(10-18)9-11(14)12(19)17-6-1-2-7-17/h11H,1-10H2. The lowest BCUT2D eigenvalue weighted by Gasteiger charge is -2.20. The Hall–Kier alpha value is -1.13. The van der Waals surface area contributed by atoms with Gasteiger partial charge in [-0.05, 0) is 38.5 Å². The van der Waals surface area contributed by atoms with Crippen LogP contribution in [0.4, 0.5) is 4.39 Å². The molecule has 1 spiro atoms. The predicted octanol–water partition coefficient (Wildman–Crippen LogP) is 1.35. The number of nitrogens with zero attached hydrogens (tertiary/aromatic N) is 2. The smallest absolute Gasteiger partial charge is 0.260 e. The minimum atomic E-state index is -1.56. The summed E-state index contributed by atoms with van der Waals surface area (Å²) in [4.78, 5) is 28.1. The van der Waals surface area contributed by atoms with E-state index in [1.165, 1.54) is 0 Å². The van der Waals surface area contributed by atoms with Gasteiger partial charge in [0.05, 0.1) is 0 Å². The van der Waals surface area contributed by atoms with E-state index in [2.05, 4.69) is 0 Å². The van der Waals surface area contributed by atoms with E-state index >= 15 is 0 Å². The van der Waals surface area contributed by atoms with E-state index < -0.39 is 5.67 Å². The molecule has 0 aromatic carbocycles. The summed E-state index contributed by atoms with van der Waals surface area (Å²) in [5, 5.41) is 0. The van der Waals surface area contributed by atoms with Crippen LogP contribution in [-0.2, 0) is 9.59 Å². The summed E-state index contributed by atoms with van der Waals surface area (Å²) < 4.78 is 13.9. The first-order chi connectivity index (χ1) is 9.54. The number of rotatable bonds is 2. The zero-order chi connectivity index (χ0) is 14.0. The molecule has 0 N–H and O–H groups in total. The first-order valence-electron chi connectivity index (χ1n) is 7.81. The van der Waals surface area contributed by atoms with Crippen molar-refractivity contribution in [2.75, 3.05) is 26.2 Å². The van der Waals surface area contributed by atoms with E-state index in [9.17, 15) is 14.0 Å². The van der Waals surface area contributed by atoms with Crippen LogP contribution in [0.25, 0.3) is 0 Å². The summed E-state index contributed by atoms with van der Waals surface area (Å²) >= 11 is 0. The Morgan fingerprint density at radius 2 is 1.70 bits per heavy atom. The van der Waals surface area contributed by atoms with Crippen LogP contribution in [0.3, 0.4) is 0 Å². The second kappa shape index (κ2) is 3.95. The molecule has 4 rings (SSSR count). The Balaban J connectivity index is 1.39. The van der Waals surface area contributed by atoms with Crippen LogP contribution in [0.5, 0.6) is 0 Å². The van der Waals surface area contributed by atoms with Crippen LogP contribution < -0.4 is 0 Å². The number of carbonyl (C=O) groups is 2. The van der Waals surface area contributed by atoms with Crippen molar-refractivity contribution in [1.29, 1.82) is 0 Å². The van der Waals surface area contributed by atoms with Crippen molar-refractivity contribution in [2.45, 2.75) is 44.2 Å². The van der Waals surface area contributed by atoms with Crippen molar-refractivity contribution in [3.63, 3.8) is 0 Å². The molecule has 4 aliphatic rings. The largest absolute Gasteiger partial charge is 0.342 e. The van der Waals surface area contributed by atoms with Gasteiger partial charge in [-0.25, -0.2) is 4.39 Å². The highest BCUT2D eigenvalue weighted by Crippen LogP contribution is 2.60. The van der Waals surface area contributed by atoms with Gasteiger partial charge in [-0.3, -0.25) is 9.59 Å². The van der Waals surface area contributed by atoms with Crippen molar-refractivity contribution in [3.05, 3.63) is 0 Å². The third-order valence-corrected chi connectivity index (χ3v) is 5.65. The summed E-state index contributed by atoms with van der Waals surface area (Å²) in [5.41, 5.74) is -1.57. The Bertz CT molecular complexity index is 470. The average molecular weight is 280 g/mol. The van der Waals surface area contributed by atoms with E-state index in [-0.39, 0.29) is 23.1 Å². The maximum atomic E-state index is 13.9. The lowest BCUT2D eigenvalue weighted by Crippen LogP contribution is -2.37. The fourth-order valence-electron chi connectivity index (χ4n) is 3.98.